The summed E-state index contributed by atoms with van der Waals surface area (Å²) in [5, 5.41) is 9.05. The fourth-order valence-electron chi connectivity index (χ4n) is 2.71. The maximum atomic E-state index is 12.4. The van der Waals surface area contributed by atoms with Gasteiger partial charge in [0.05, 0.1) is 17.4 Å². The van der Waals surface area contributed by atoms with Crippen molar-refractivity contribution in [3.63, 3.8) is 0 Å². The first-order valence-corrected chi connectivity index (χ1v) is 8.64. The summed E-state index contributed by atoms with van der Waals surface area (Å²) < 4.78 is 26.3. The number of hydrogen-bond acceptors (Lipinski definition) is 4. The Balaban J connectivity index is 2.06. The Morgan fingerprint density at radius 1 is 1.43 bits per heavy atom. The molecule has 1 unspecified atom stereocenters. The molecule has 1 saturated heterocycles. The molecule has 0 amide bonds. The number of nitriles is 1. The Morgan fingerprint density at radius 2 is 2.14 bits per heavy atom. The average molecular weight is 307 g/mol. The highest BCUT2D eigenvalue weighted by molar-refractivity contribution is 7.88. The molecule has 114 valence electrons. The summed E-state index contributed by atoms with van der Waals surface area (Å²) >= 11 is 0. The molecule has 0 spiro atoms. The summed E-state index contributed by atoms with van der Waals surface area (Å²) in [6.45, 7) is 2.51. The van der Waals surface area contributed by atoms with Gasteiger partial charge in [0.25, 0.3) is 0 Å². The van der Waals surface area contributed by atoms with Crippen molar-refractivity contribution in [2.24, 2.45) is 5.92 Å². The zero-order chi connectivity index (χ0) is 15.5. The highest BCUT2D eigenvalue weighted by atomic mass is 32.2. The fraction of sp³-hybridized carbons (Fsp3) is 0.533. The molecule has 1 aliphatic heterocycles. The second-order valence-electron chi connectivity index (χ2n) is 5.72. The molecule has 6 heteroatoms. The predicted molar refractivity (Wildman–Crippen MR) is 82.0 cm³/mol. The van der Waals surface area contributed by atoms with Gasteiger partial charge in [0.1, 0.15) is 0 Å². The number of nitrogens with zero attached hydrogens (tertiary/aromatic N) is 3. The SMILES string of the molecule is CN1CCC(CN(C)S(=O)(=O)Cc2ccccc2C#N)C1. The van der Waals surface area contributed by atoms with Gasteiger partial charge in [0.15, 0.2) is 0 Å². The molecule has 0 saturated carbocycles. The van der Waals surface area contributed by atoms with E-state index in [0.717, 1.165) is 19.5 Å². The Hall–Kier alpha value is -1.42. The number of rotatable bonds is 5. The van der Waals surface area contributed by atoms with Crippen molar-refractivity contribution in [1.82, 2.24) is 9.21 Å². The highest BCUT2D eigenvalue weighted by Crippen LogP contribution is 2.19. The third-order valence-corrected chi connectivity index (χ3v) is 5.73. The van der Waals surface area contributed by atoms with Crippen LogP contribution in [0.25, 0.3) is 0 Å². The van der Waals surface area contributed by atoms with Crippen LogP contribution in [0.1, 0.15) is 17.5 Å². The minimum Gasteiger partial charge on any atom is -0.306 e. The quantitative estimate of drug-likeness (QED) is 0.822. The van der Waals surface area contributed by atoms with Gasteiger partial charge in [-0.2, -0.15) is 5.26 Å². The molecule has 0 N–H and O–H groups in total. The van der Waals surface area contributed by atoms with Crippen LogP contribution in [-0.2, 0) is 15.8 Å². The lowest BCUT2D eigenvalue weighted by atomic mass is 10.1. The third kappa shape index (κ3) is 4.03. The van der Waals surface area contributed by atoms with Crippen LogP contribution < -0.4 is 0 Å². The van der Waals surface area contributed by atoms with Crippen LogP contribution in [0.2, 0.25) is 0 Å². The smallest absolute Gasteiger partial charge is 0.218 e. The van der Waals surface area contributed by atoms with Crippen molar-refractivity contribution >= 4 is 10.0 Å². The van der Waals surface area contributed by atoms with Crippen molar-refractivity contribution in [3.05, 3.63) is 35.4 Å². The van der Waals surface area contributed by atoms with Crippen molar-refractivity contribution in [3.8, 4) is 6.07 Å². The molecule has 0 aromatic heterocycles. The lowest BCUT2D eigenvalue weighted by Gasteiger charge is -2.21. The van der Waals surface area contributed by atoms with Crippen molar-refractivity contribution in [1.29, 1.82) is 5.26 Å². The molecule has 1 atom stereocenters. The molecule has 1 aliphatic rings. The molecule has 2 rings (SSSR count). The van der Waals surface area contributed by atoms with E-state index in [1.165, 1.54) is 4.31 Å². The monoisotopic (exact) mass is 307 g/mol. The normalized spacial score (nSPS) is 19.8. The van der Waals surface area contributed by atoms with E-state index in [0.29, 0.717) is 23.6 Å². The lowest BCUT2D eigenvalue weighted by Crippen LogP contribution is -2.33. The first-order valence-electron chi connectivity index (χ1n) is 7.03. The summed E-state index contributed by atoms with van der Waals surface area (Å²) in [7, 11) is 0.294. The van der Waals surface area contributed by atoms with Crippen LogP contribution in [0.5, 0.6) is 0 Å². The molecule has 0 bridgehead atoms. The molecule has 1 aromatic carbocycles. The molecular weight excluding hydrogens is 286 g/mol. The second kappa shape index (κ2) is 6.56. The van der Waals surface area contributed by atoms with Crippen LogP contribution in [0.3, 0.4) is 0 Å². The summed E-state index contributed by atoms with van der Waals surface area (Å²) in [6, 6.07) is 8.90. The molecule has 1 heterocycles. The molecule has 1 aromatic rings. The Bertz CT molecular complexity index is 637. The minimum absolute atomic E-state index is 0.115. The Morgan fingerprint density at radius 3 is 2.76 bits per heavy atom. The van der Waals surface area contributed by atoms with Gasteiger partial charge in [0.2, 0.25) is 10.0 Å². The summed E-state index contributed by atoms with van der Waals surface area (Å²) in [6.07, 6.45) is 1.03. The van der Waals surface area contributed by atoms with Crippen LogP contribution in [0, 0.1) is 17.2 Å². The topological polar surface area (TPSA) is 64.4 Å². The minimum atomic E-state index is -3.39. The van der Waals surface area contributed by atoms with E-state index in [4.69, 9.17) is 5.26 Å². The van der Waals surface area contributed by atoms with Gasteiger partial charge in [-0.25, -0.2) is 12.7 Å². The number of hydrogen-bond donors (Lipinski definition) is 0. The largest absolute Gasteiger partial charge is 0.306 e. The standard InChI is InChI=1S/C15H21N3O2S/c1-17-8-7-13(10-17)11-18(2)21(19,20)12-15-6-4-3-5-14(15)9-16/h3-6,13H,7-8,10-12H2,1-2H3. The van der Waals surface area contributed by atoms with Gasteiger partial charge in [-0.3, -0.25) is 0 Å². The van der Waals surface area contributed by atoms with E-state index in [1.807, 2.05) is 6.07 Å². The first kappa shape index (κ1) is 16.0. The summed E-state index contributed by atoms with van der Waals surface area (Å²) in [5.74, 6) is 0.275. The average Bonchev–Trinajstić information content (AvgIpc) is 2.84. The third-order valence-electron chi connectivity index (χ3n) is 3.95. The van der Waals surface area contributed by atoms with Gasteiger partial charge < -0.3 is 4.90 Å². The molecule has 0 radical (unpaired) electrons. The van der Waals surface area contributed by atoms with E-state index < -0.39 is 10.0 Å². The lowest BCUT2D eigenvalue weighted by molar-refractivity contribution is 0.356. The van der Waals surface area contributed by atoms with E-state index in [1.54, 1.807) is 31.3 Å². The molecular formula is C15H21N3O2S. The van der Waals surface area contributed by atoms with Crippen molar-refractivity contribution in [2.45, 2.75) is 12.2 Å². The van der Waals surface area contributed by atoms with Crippen LogP contribution in [0.15, 0.2) is 24.3 Å². The van der Waals surface area contributed by atoms with Crippen LogP contribution in [-0.4, -0.2) is 51.4 Å². The van der Waals surface area contributed by atoms with Gasteiger partial charge in [-0.05, 0) is 37.6 Å². The number of sulfonamides is 1. The van der Waals surface area contributed by atoms with Crippen LogP contribution in [0.4, 0.5) is 0 Å². The summed E-state index contributed by atoms with van der Waals surface area (Å²) in [5.41, 5.74) is 0.991. The second-order valence-corrected chi connectivity index (χ2v) is 7.80. The molecule has 21 heavy (non-hydrogen) atoms. The van der Waals surface area contributed by atoms with Crippen molar-refractivity contribution in [2.75, 3.05) is 33.7 Å². The van der Waals surface area contributed by atoms with E-state index in [9.17, 15) is 8.42 Å². The maximum absolute atomic E-state index is 12.4. The van der Waals surface area contributed by atoms with E-state index >= 15 is 0 Å². The number of benzene rings is 1. The first-order chi connectivity index (χ1) is 9.92. The molecule has 1 fully saturated rings. The van der Waals surface area contributed by atoms with Gasteiger partial charge in [-0.15, -0.1) is 0 Å². The summed E-state index contributed by atoms with van der Waals surface area (Å²) in [4.78, 5) is 2.22. The van der Waals surface area contributed by atoms with Gasteiger partial charge in [-0.1, -0.05) is 18.2 Å². The van der Waals surface area contributed by atoms with Gasteiger partial charge >= 0.3 is 0 Å². The fourth-order valence-corrected chi connectivity index (χ4v) is 4.02. The van der Waals surface area contributed by atoms with Gasteiger partial charge in [0, 0.05) is 20.1 Å². The maximum Gasteiger partial charge on any atom is 0.218 e. The number of likely N-dealkylation sites (tertiary alicyclic amines) is 1. The van der Waals surface area contributed by atoms with E-state index in [-0.39, 0.29) is 5.75 Å². The Kier molecular flexibility index (Phi) is 4.99. The Labute approximate surface area is 126 Å². The molecule has 0 aliphatic carbocycles. The zero-order valence-corrected chi connectivity index (χ0v) is 13.3. The zero-order valence-electron chi connectivity index (χ0n) is 12.5. The van der Waals surface area contributed by atoms with Crippen molar-refractivity contribution < 1.29 is 8.42 Å². The molecule has 5 nitrogen and oxygen atoms in total. The van der Waals surface area contributed by atoms with E-state index in [2.05, 4.69) is 11.9 Å². The van der Waals surface area contributed by atoms with Crippen LogP contribution >= 0.6 is 0 Å². The highest BCUT2D eigenvalue weighted by Gasteiger charge is 2.26. The predicted octanol–water partition coefficient (Wildman–Crippen LogP) is 1.27.